The van der Waals surface area contributed by atoms with E-state index in [0.717, 1.165) is 17.7 Å². The number of H-pyrrole nitrogens is 1. The summed E-state index contributed by atoms with van der Waals surface area (Å²) in [5.74, 6) is 0.104. The van der Waals surface area contributed by atoms with Crippen LogP contribution in [0, 0.1) is 16.7 Å². The Morgan fingerprint density at radius 3 is 2.75 bits per heavy atom. The number of aromatic amines is 1. The number of nitrogens with zero attached hydrogens (tertiary/aromatic N) is 4. The van der Waals surface area contributed by atoms with E-state index in [-0.39, 0.29) is 16.9 Å². The van der Waals surface area contributed by atoms with Crippen molar-refractivity contribution in [1.82, 2.24) is 14.6 Å². The minimum atomic E-state index is -0.364. The van der Waals surface area contributed by atoms with Gasteiger partial charge in [0.25, 0.3) is 5.56 Å². The van der Waals surface area contributed by atoms with Crippen molar-refractivity contribution < 1.29 is 4.79 Å². The van der Waals surface area contributed by atoms with Gasteiger partial charge in [0, 0.05) is 28.8 Å². The molecule has 0 spiro atoms. The summed E-state index contributed by atoms with van der Waals surface area (Å²) in [6.07, 6.45) is 2.71. The third-order valence-electron chi connectivity index (χ3n) is 5.47. The maximum absolute atomic E-state index is 12.9. The first-order valence-electron chi connectivity index (χ1n) is 9.32. The van der Waals surface area contributed by atoms with Gasteiger partial charge in [0.15, 0.2) is 5.65 Å². The van der Waals surface area contributed by atoms with E-state index in [9.17, 15) is 14.9 Å². The number of aromatic nitrogens is 3. The predicted molar refractivity (Wildman–Crippen MR) is 106 cm³/mol. The highest BCUT2D eigenvalue weighted by molar-refractivity contribution is 5.99. The first-order chi connectivity index (χ1) is 13.4. The number of carbonyl (C=O) groups is 1. The molecule has 0 radical (unpaired) electrons. The standard InChI is InChI=1S/C21H21N5O2/c1-4-16-17(24-18-14(11-22)12-23-26(18)19(16)27)13-6-5-7-15(10-13)25-9-8-21(2,3)20(25)28/h5-7,10,12,24H,4,8-9H2,1-3H3. The lowest BCUT2D eigenvalue weighted by Gasteiger charge is -2.20. The van der Waals surface area contributed by atoms with E-state index in [1.54, 1.807) is 4.90 Å². The first kappa shape index (κ1) is 18.0. The minimum Gasteiger partial charge on any atom is -0.338 e. The average Bonchev–Trinajstić information content (AvgIpc) is 3.22. The van der Waals surface area contributed by atoms with Gasteiger partial charge in [-0.25, -0.2) is 0 Å². The van der Waals surface area contributed by atoms with Crippen LogP contribution in [0.2, 0.25) is 0 Å². The summed E-state index contributed by atoms with van der Waals surface area (Å²) in [4.78, 5) is 30.6. The van der Waals surface area contributed by atoms with Gasteiger partial charge in [-0.1, -0.05) is 32.9 Å². The van der Waals surface area contributed by atoms with E-state index < -0.39 is 0 Å². The van der Waals surface area contributed by atoms with Gasteiger partial charge in [0.2, 0.25) is 5.91 Å². The molecule has 1 amide bonds. The molecule has 0 saturated carbocycles. The Bertz CT molecular complexity index is 1200. The summed E-state index contributed by atoms with van der Waals surface area (Å²) in [7, 11) is 0. The molecule has 0 aliphatic carbocycles. The van der Waals surface area contributed by atoms with Crippen molar-refractivity contribution in [3.63, 3.8) is 0 Å². The first-order valence-corrected chi connectivity index (χ1v) is 9.32. The van der Waals surface area contributed by atoms with E-state index in [4.69, 9.17) is 0 Å². The fourth-order valence-corrected chi connectivity index (χ4v) is 3.75. The number of benzene rings is 1. The summed E-state index contributed by atoms with van der Waals surface area (Å²) in [6.45, 7) is 6.50. The van der Waals surface area contributed by atoms with Gasteiger partial charge in [0.05, 0.1) is 11.9 Å². The number of nitriles is 1. The molecular weight excluding hydrogens is 354 g/mol. The van der Waals surface area contributed by atoms with E-state index in [1.165, 1.54) is 10.7 Å². The highest BCUT2D eigenvalue weighted by Crippen LogP contribution is 2.35. The van der Waals surface area contributed by atoms with Crippen molar-refractivity contribution in [2.24, 2.45) is 5.41 Å². The van der Waals surface area contributed by atoms with Crippen molar-refractivity contribution in [2.75, 3.05) is 11.4 Å². The molecule has 1 aromatic carbocycles. The molecule has 1 N–H and O–H groups in total. The average molecular weight is 375 g/mol. The van der Waals surface area contributed by atoms with Crippen LogP contribution in [0.4, 0.5) is 5.69 Å². The number of anilines is 1. The number of hydrogen-bond acceptors (Lipinski definition) is 4. The number of hydrogen-bond donors (Lipinski definition) is 1. The lowest BCUT2D eigenvalue weighted by atomic mass is 9.92. The summed E-state index contributed by atoms with van der Waals surface area (Å²) in [5, 5.41) is 13.3. The molecule has 1 aliphatic rings. The van der Waals surface area contributed by atoms with Gasteiger partial charge in [-0.2, -0.15) is 14.9 Å². The largest absolute Gasteiger partial charge is 0.338 e. The highest BCUT2D eigenvalue weighted by atomic mass is 16.2. The third kappa shape index (κ3) is 2.61. The SMILES string of the molecule is CCc1c(-c2cccc(N3CCC(C)(C)C3=O)c2)[nH]c2c(C#N)cnn2c1=O. The fourth-order valence-electron chi connectivity index (χ4n) is 3.75. The second kappa shape index (κ2) is 6.34. The Hall–Kier alpha value is -3.40. The second-order valence-electron chi connectivity index (χ2n) is 7.71. The van der Waals surface area contributed by atoms with Crippen LogP contribution in [-0.2, 0) is 11.2 Å². The monoisotopic (exact) mass is 375 g/mol. The highest BCUT2D eigenvalue weighted by Gasteiger charge is 2.39. The summed E-state index contributed by atoms with van der Waals surface area (Å²) < 4.78 is 1.23. The predicted octanol–water partition coefficient (Wildman–Crippen LogP) is 2.89. The molecule has 0 atom stereocenters. The van der Waals surface area contributed by atoms with Crippen LogP contribution in [0.5, 0.6) is 0 Å². The van der Waals surface area contributed by atoms with Gasteiger partial charge in [-0.05, 0) is 25.0 Å². The van der Waals surface area contributed by atoms with Crippen molar-refractivity contribution in [3.8, 4) is 17.3 Å². The Balaban J connectivity index is 1.88. The number of rotatable bonds is 3. The molecule has 28 heavy (non-hydrogen) atoms. The molecule has 7 nitrogen and oxygen atoms in total. The van der Waals surface area contributed by atoms with Gasteiger partial charge in [-0.3, -0.25) is 9.59 Å². The molecule has 1 saturated heterocycles. The van der Waals surface area contributed by atoms with E-state index in [1.807, 2.05) is 45.0 Å². The lowest BCUT2D eigenvalue weighted by molar-refractivity contribution is -0.123. The Morgan fingerprint density at radius 2 is 2.11 bits per heavy atom. The molecular formula is C21H21N5O2. The van der Waals surface area contributed by atoms with Gasteiger partial charge >= 0.3 is 0 Å². The van der Waals surface area contributed by atoms with Crippen LogP contribution in [0.25, 0.3) is 16.9 Å². The van der Waals surface area contributed by atoms with Crippen molar-refractivity contribution in [3.05, 3.63) is 51.9 Å². The summed E-state index contributed by atoms with van der Waals surface area (Å²) >= 11 is 0. The lowest BCUT2D eigenvalue weighted by Crippen LogP contribution is -2.30. The van der Waals surface area contributed by atoms with Crippen LogP contribution in [0.3, 0.4) is 0 Å². The van der Waals surface area contributed by atoms with E-state index in [2.05, 4.69) is 16.2 Å². The molecule has 3 heterocycles. The van der Waals surface area contributed by atoms with Crippen LogP contribution in [-0.4, -0.2) is 27.0 Å². The van der Waals surface area contributed by atoms with Crippen LogP contribution >= 0.6 is 0 Å². The summed E-state index contributed by atoms with van der Waals surface area (Å²) in [6, 6.07) is 9.67. The van der Waals surface area contributed by atoms with Crippen LogP contribution in [0.15, 0.2) is 35.3 Å². The minimum absolute atomic E-state index is 0.104. The Morgan fingerprint density at radius 1 is 1.32 bits per heavy atom. The molecule has 3 aromatic rings. The molecule has 4 rings (SSSR count). The molecule has 0 bridgehead atoms. The number of nitrogens with one attached hydrogen (secondary N) is 1. The van der Waals surface area contributed by atoms with Crippen LogP contribution < -0.4 is 10.5 Å². The summed E-state index contributed by atoms with van der Waals surface area (Å²) in [5.41, 5.74) is 2.95. The fraction of sp³-hybridized carbons (Fsp3) is 0.333. The zero-order valence-corrected chi connectivity index (χ0v) is 16.1. The normalized spacial score (nSPS) is 15.9. The quantitative estimate of drug-likeness (QED) is 0.761. The zero-order valence-electron chi connectivity index (χ0n) is 16.1. The van der Waals surface area contributed by atoms with Crippen molar-refractivity contribution in [2.45, 2.75) is 33.6 Å². The van der Waals surface area contributed by atoms with Gasteiger partial charge in [0.1, 0.15) is 11.6 Å². The number of carbonyl (C=O) groups excluding carboxylic acids is 1. The van der Waals surface area contributed by atoms with E-state index >= 15 is 0 Å². The Labute approximate surface area is 162 Å². The molecule has 7 heteroatoms. The maximum Gasteiger partial charge on any atom is 0.278 e. The maximum atomic E-state index is 12.9. The van der Waals surface area contributed by atoms with Crippen molar-refractivity contribution >= 4 is 17.2 Å². The third-order valence-corrected chi connectivity index (χ3v) is 5.47. The molecule has 142 valence electrons. The number of fused-ring (bicyclic) bond motifs is 1. The Kier molecular flexibility index (Phi) is 4.07. The van der Waals surface area contributed by atoms with Crippen LogP contribution in [0.1, 0.15) is 38.3 Å². The molecule has 1 aliphatic heterocycles. The van der Waals surface area contributed by atoms with Gasteiger partial charge < -0.3 is 9.88 Å². The number of amides is 1. The van der Waals surface area contributed by atoms with Crippen molar-refractivity contribution in [1.29, 1.82) is 5.26 Å². The van der Waals surface area contributed by atoms with Gasteiger partial charge in [-0.15, -0.1) is 0 Å². The molecule has 1 fully saturated rings. The molecule has 0 unspecified atom stereocenters. The molecule has 2 aromatic heterocycles. The zero-order chi connectivity index (χ0) is 20.1. The smallest absolute Gasteiger partial charge is 0.278 e. The van der Waals surface area contributed by atoms with E-state index in [0.29, 0.717) is 35.4 Å². The second-order valence-corrected chi connectivity index (χ2v) is 7.71. The topological polar surface area (TPSA) is 94.3 Å².